The van der Waals surface area contributed by atoms with E-state index < -0.39 is 26.1 Å². The number of amides is 2. The SMILES string of the molecule is Cc1nc(-c2cc(C#C[Si](C(C)C)(C(C)C)C(C)C)nc(NC(=O)C(C)N(CC(C)(C)C)C(=O)O)c2)c2c(n1)c(C)nn2C. The van der Waals surface area contributed by atoms with Crippen LogP contribution in [0.4, 0.5) is 10.6 Å². The Labute approximate surface area is 263 Å². The monoisotopic (exact) mass is 619 g/mol. The van der Waals surface area contributed by atoms with Gasteiger partial charge >= 0.3 is 6.09 Å². The zero-order chi connectivity index (χ0) is 33.3. The molecule has 0 fully saturated rings. The van der Waals surface area contributed by atoms with Crippen molar-refractivity contribution in [2.75, 3.05) is 11.9 Å². The van der Waals surface area contributed by atoms with Gasteiger partial charge in [-0.05, 0) is 54.9 Å². The molecule has 0 bridgehead atoms. The highest BCUT2D eigenvalue weighted by atomic mass is 28.3. The van der Waals surface area contributed by atoms with Crippen molar-refractivity contribution < 1.29 is 14.7 Å². The smallest absolute Gasteiger partial charge is 0.407 e. The maximum absolute atomic E-state index is 13.5. The molecule has 10 nitrogen and oxygen atoms in total. The predicted molar refractivity (Wildman–Crippen MR) is 179 cm³/mol. The van der Waals surface area contributed by atoms with Crippen LogP contribution in [-0.2, 0) is 11.8 Å². The van der Waals surface area contributed by atoms with E-state index in [2.05, 4.69) is 68.4 Å². The first-order valence-electron chi connectivity index (χ1n) is 15.3. The van der Waals surface area contributed by atoms with E-state index >= 15 is 0 Å². The molecule has 3 heterocycles. The number of rotatable bonds is 8. The number of aromatic nitrogens is 5. The number of anilines is 1. The molecule has 0 aliphatic heterocycles. The van der Waals surface area contributed by atoms with Crippen LogP contribution in [0.5, 0.6) is 0 Å². The molecule has 11 heteroatoms. The van der Waals surface area contributed by atoms with Crippen molar-refractivity contribution in [2.45, 2.75) is 106 Å². The van der Waals surface area contributed by atoms with Crippen LogP contribution in [0.3, 0.4) is 0 Å². The third kappa shape index (κ3) is 7.29. The number of aryl methyl sites for hydroxylation is 3. The Balaban J connectivity index is 2.23. The highest BCUT2D eigenvalue weighted by Crippen LogP contribution is 2.41. The van der Waals surface area contributed by atoms with Gasteiger partial charge in [0.25, 0.3) is 0 Å². The van der Waals surface area contributed by atoms with Crippen LogP contribution >= 0.6 is 0 Å². The Morgan fingerprint density at radius 2 is 1.59 bits per heavy atom. The van der Waals surface area contributed by atoms with Gasteiger partial charge in [-0.15, -0.1) is 5.54 Å². The van der Waals surface area contributed by atoms with Crippen LogP contribution in [0, 0.1) is 30.7 Å². The normalized spacial score (nSPS) is 12.9. The van der Waals surface area contributed by atoms with Crippen LogP contribution in [0.25, 0.3) is 22.3 Å². The topological polar surface area (TPSA) is 126 Å². The highest BCUT2D eigenvalue weighted by Gasteiger charge is 2.41. The second kappa shape index (κ2) is 13.1. The first-order chi connectivity index (χ1) is 20.3. The molecule has 1 unspecified atom stereocenters. The molecule has 0 aliphatic rings. The second-order valence-corrected chi connectivity index (χ2v) is 19.5. The summed E-state index contributed by atoms with van der Waals surface area (Å²) in [7, 11) is -0.229. The summed E-state index contributed by atoms with van der Waals surface area (Å²) >= 11 is 0. The maximum atomic E-state index is 13.5. The summed E-state index contributed by atoms with van der Waals surface area (Å²) in [6.45, 7) is 24.9. The fourth-order valence-corrected chi connectivity index (χ4v) is 11.5. The number of hydrogen-bond acceptors (Lipinski definition) is 6. The average molecular weight is 620 g/mol. The summed E-state index contributed by atoms with van der Waals surface area (Å²) in [6, 6.07) is 2.72. The van der Waals surface area contributed by atoms with Crippen molar-refractivity contribution in [2.24, 2.45) is 12.5 Å². The van der Waals surface area contributed by atoms with E-state index in [0.29, 0.717) is 39.4 Å². The number of carbonyl (C=O) groups excluding carboxylic acids is 1. The number of nitrogens with one attached hydrogen (secondary N) is 1. The molecular weight excluding hydrogens is 570 g/mol. The molecule has 0 spiro atoms. The second-order valence-electron chi connectivity index (χ2n) is 13.9. The molecule has 1 atom stereocenters. The van der Waals surface area contributed by atoms with Gasteiger partial charge in [0.05, 0.1) is 5.69 Å². The lowest BCUT2D eigenvalue weighted by atomic mass is 9.95. The first-order valence-corrected chi connectivity index (χ1v) is 17.6. The van der Waals surface area contributed by atoms with Gasteiger partial charge in [-0.3, -0.25) is 14.4 Å². The molecule has 0 aliphatic carbocycles. The summed E-state index contributed by atoms with van der Waals surface area (Å²) in [5, 5.41) is 17.3. The maximum Gasteiger partial charge on any atom is 0.407 e. The largest absolute Gasteiger partial charge is 0.465 e. The molecule has 3 aromatic rings. The van der Waals surface area contributed by atoms with Gasteiger partial charge in [0, 0.05) is 19.2 Å². The van der Waals surface area contributed by atoms with Crippen LogP contribution in [-0.4, -0.2) is 67.4 Å². The van der Waals surface area contributed by atoms with E-state index in [1.165, 1.54) is 0 Å². The van der Waals surface area contributed by atoms with E-state index in [1.807, 2.05) is 47.7 Å². The van der Waals surface area contributed by atoms with Crippen LogP contribution in [0.2, 0.25) is 16.6 Å². The molecule has 238 valence electrons. The van der Waals surface area contributed by atoms with E-state index in [1.54, 1.807) is 17.7 Å². The zero-order valence-corrected chi connectivity index (χ0v) is 29.6. The predicted octanol–water partition coefficient (Wildman–Crippen LogP) is 6.96. The number of nitrogens with zero attached hydrogens (tertiary/aromatic N) is 6. The van der Waals surface area contributed by atoms with E-state index in [-0.39, 0.29) is 17.8 Å². The molecule has 44 heavy (non-hydrogen) atoms. The summed E-state index contributed by atoms with van der Waals surface area (Å²) in [4.78, 5) is 40.9. The number of carboxylic acid groups (broad SMARTS) is 1. The Morgan fingerprint density at radius 1 is 1.00 bits per heavy atom. The molecule has 3 aromatic heterocycles. The molecular formula is C33H49N7O3Si. The third-order valence-corrected chi connectivity index (χ3v) is 14.6. The van der Waals surface area contributed by atoms with Crippen molar-refractivity contribution >= 4 is 36.9 Å². The standard InChI is InChI=1S/C33H49N7O3Si/c1-19(2)44(20(3)4,21(5)6)15-14-26-16-25(29-30-28(34-24(9)35-29)22(7)38-39(30)13)17-27(36-26)37-31(41)23(8)40(32(42)43)18-33(10,11)12/h16-17,19-21,23H,18H2,1-13H3,(H,42,43)(H,36,37,41). The lowest BCUT2D eigenvalue weighted by Gasteiger charge is -2.38. The Hall–Kier alpha value is -3.78. The summed E-state index contributed by atoms with van der Waals surface area (Å²) in [5.74, 6) is 3.81. The van der Waals surface area contributed by atoms with E-state index in [9.17, 15) is 14.7 Å². The van der Waals surface area contributed by atoms with Crippen LogP contribution < -0.4 is 5.32 Å². The molecule has 3 rings (SSSR count). The van der Waals surface area contributed by atoms with Crippen molar-refractivity contribution in [3.8, 4) is 22.7 Å². The summed E-state index contributed by atoms with van der Waals surface area (Å²) in [6.07, 6.45) is -1.15. The average Bonchev–Trinajstić information content (AvgIpc) is 3.17. The number of pyridine rings is 1. The minimum absolute atomic E-state index is 0.200. The van der Waals surface area contributed by atoms with E-state index in [0.717, 1.165) is 21.6 Å². The summed E-state index contributed by atoms with van der Waals surface area (Å²) < 4.78 is 1.76. The Kier molecular flexibility index (Phi) is 10.3. The van der Waals surface area contributed by atoms with Crippen LogP contribution in [0.1, 0.15) is 86.4 Å². The van der Waals surface area contributed by atoms with Gasteiger partial charge in [-0.1, -0.05) is 68.2 Å². The fourth-order valence-electron chi connectivity index (χ4n) is 6.30. The Morgan fingerprint density at radius 3 is 2.11 bits per heavy atom. The fraction of sp³-hybridized carbons (Fsp3) is 0.576. The van der Waals surface area contributed by atoms with Gasteiger partial charge in [0.2, 0.25) is 5.91 Å². The zero-order valence-electron chi connectivity index (χ0n) is 28.6. The highest BCUT2D eigenvalue weighted by molar-refractivity contribution is 6.90. The van der Waals surface area contributed by atoms with Crippen molar-refractivity contribution in [1.82, 2.24) is 29.6 Å². The molecule has 0 saturated carbocycles. The number of fused-ring (bicyclic) bond motifs is 1. The molecule has 2 amide bonds. The molecule has 0 radical (unpaired) electrons. The summed E-state index contributed by atoms with van der Waals surface area (Å²) in [5.41, 5.74) is 8.89. The van der Waals surface area contributed by atoms with Gasteiger partial charge in [0.15, 0.2) is 0 Å². The molecule has 0 aromatic carbocycles. The minimum atomic E-state index is -2.08. The minimum Gasteiger partial charge on any atom is -0.465 e. The number of hydrogen-bond donors (Lipinski definition) is 2. The lowest BCUT2D eigenvalue weighted by Crippen LogP contribution is -2.48. The van der Waals surface area contributed by atoms with Crippen molar-refractivity contribution in [3.05, 3.63) is 29.3 Å². The van der Waals surface area contributed by atoms with Gasteiger partial charge in [-0.25, -0.2) is 19.7 Å². The van der Waals surface area contributed by atoms with Gasteiger partial charge in [-0.2, -0.15) is 5.10 Å². The van der Waals surface area contributed by atoms with Gasteiger partial charge in [0.1, 0.15) is 48.2 Å². The first kappa shape index (κ1) is 34.7. The lowest BCUT2D eigenvalue weighted by molar-refractivity contribution is -0.120. The third-order valence-electron chi connectivity index (χ3n) is 8.32. The quantitative estimate of drug-likeness (QED) is 0.206. The van der Waals surface area contributed by atoms with Gasteiger partial charge < -0.3 is 10.4 Å². The number of carbonyl (C=O) groups is 2. The molecule has 2 N–H and O–H groups in total. The molecule has 0 saturated heterocycles. The Bertz CT molecular complexity index is 1590. The van der Waals surface area contributed by atoms with Crippen molar-refractivity contribution in [3.63, 3.8) is 0 Å². The van der Waals surface area contributed by atoms with E-state index in [4.69, 9.17) is 9.97 Å². The van der Waals surface area contributed by atoms with Crippen LogP contribution in [0.15, 0.2) is 12.1 Å². The van der Waals surface area contributed by atoms with Crippen molar-refractivity contribution in [1.29, 1.82) is 0 Å².